The molecule has 0 atom stereocenters. The van der Waals surface area contributed by atoms with Crippen molar-refractivity contribution in [2.45, 2.75) is 5.41 Å². The normalized spacial score (nSPS) is 12.6. The van der Waals surface area contributed by atoms with Crippen LogP contribution in [0.2, 0.25) is 0 Å². The lowest BCUT2D eigenvalue weighted by atomic mass is 9.67. The molecule has 1 aliphatic carbocycles. The number of hydrogen-bond acceptors (Lipinski definition) is 3. The van der Waals surface area contributed by atoms with Crippen molar-refractivity contribution >= 4 is 21.9 Å². The van der Waals surface area contributed by atoms with Crippen molar-refractivity contribution in [3.05, 3.63) is 253 Å². The van der Waals surface area contributed by atoms with Gasteiger partial charge in [0.05, 0.1) is 16.8 Å². The van der Waals surface area contributed by atoms with E-state index in [4.69, 9.17) is 14.4 Å². The summed E-state index contributed by atoms with van der Waals surface area (Å²) in [6, 6.07) is 82.3. The van der Waals surface area contributed by atoms with Gasteiger partial charge < -0.3 is 4.42 Å². The number of aromatic nitrogens is 2. The summed E-state index contributed by atoms with van der Waals surface area (Å²) in [5.74, 6) is 0.697. The summed E-state index contributed by atoms with van der Waals surface area (Å²) in [5.41, 5.74) is 18.3. The molecule has 0 unspecified atom stereocenters. The Morgan fingerprint density at radius 1 is 0.306 bits per heavy atom. The van der Waals surface area contributed by atoms with Crippen LogP contribution < -0.4 is 0 Å². The molecule has 3 nitrogen and oxygen atoms in total. The average molecular weight is 791 g/mol. The summed E-state index contributed by atoms with van der Waals surface area (Å²) in [7, 11) is 0. The zero-order valence-electron chi connectivity index (χ0n) is 33.7. The molecule has 0 aliphatic heterocycles. The van der Waals surface area contributed by atoms with Crippen LogP contribution in [0, 0.1) is 0 Å². The topological polar surface area (TPSA) is 38.9 Å². The molecule has 0 radical (unpaired) electrons. The molecule has 2 aromatic heterocycles. The Morgan fingerprint density at radius 2 is 0.806 bits per heavy atom. The largest absolute Gasteiger partial charge is 0.456 e. The number of fused-ring (bicyclic) bond motifs is 6. The van der Waals surface area contributed by atoms with E-state index in [0.29, 0.717) is 5.82 Å². The number of hydrogen-bond donors (Lipinski definition) is 0. The molecule has 0 saturated carbocycles. The van der Waals surface area contributed by atoms with Crippen LogP contribution in [0.4, 0.5) is 0 Å². The minimum Gasteiger partial charge on any atom is -0.456 e. The van der Waals surface area contributed by atoms with Crippen molar-refractivity contribution < 1.29 is 4.42 Å². The lowest BCUT2D eigenvalue weighted by molar-refractivity contribution is 0.669. The maximum Gasteiger partial charge on any atom is 0.160 e. The highest BCUT2D eigenvalue weighted by Gasteiger charge is 2.46. The first kappa shape index (κ1) is 35.8. The van der Waals surface area contributed by atoms with Crippen LogP contribution in [-0.4, -0.2) is 9.97 Å². The summed E-state index contributed by atoms with van der Waals surface area (Å²) in [5, 5.41) is 2.27. The van der Waals surface area contributed by atoms with E-state index >= 15 is 0 Å². The predicted octanol–water partition coefficient (Wildman–Crippen LogP) is 15.1. The van der Waals surface area contributed by atoms with Crippen LogP contribution in [0.1, 0.15) is 22.3 Å². The first-order chi connectivity index (χ1) is 30.7. The van der Waals surface area contributed by atoms with E-state index in [9.17, 15) is 0 Å². The first-order valence-corrected chi connectivity index (χ1v) is 21.1. The van der Waals surface area contributed by atoms with Crippen molar-refractivity contribution in [2.75, 3.05) is 0 Å². The Bertz CT molecular complexity index is 3390. The molecule has 1 aliphatic rings. The van der Waals surface area contributed by atoms with Gasteiger partial charge in [0, 0.05) is 27.5 Å². The molecular weight excluding hydrogens is 753 g/mol. The third-order valence-electron chi connectivity index (χ3n) is 12.6. The highest BCUT2D eigenvalue weighted by atomic mass is 16.3. The van der Waals surface area contributed by atoms with Gasteiger partial charge in [-0.1, -0.05) is 200 Å². The Morgan fingerprint density at radius 3 is 1.50 bits per heavy atom. The molecule has 11 aromatic rings. The molecule has 3 heteroatoms. The Hall–Kier alpha value is -8.14. The number of furan rings is 1. The second-order valence-electron chi connectivity index (χ2n) is 16.1. The van der Waals surface area contributed by atoms with Gasteiger partial charge in [-0.05, 0) is 86.0 Å². The monoisotopic (exact) mass is 790 g/mol. The fraction of sp³-hybridized carbons (Fsp3) is 0.0169. The fourth-order valence-electron chi connectivity index (χ4n) is 9.66. The number of para-hydroxylation sites is 1. The summed E-state index contributed by atoms with van der Waals surface area (Å²) < 4.78 is 6.07. The molecule has 0 amide bonds. The van der Waals surface area contributed by atoms with Gasteiger partial charge in [-0.2, -0.15) is 0 Å². The number of nitrogens with zero attached hydrogens (tertiary/aromatic N) is 2. The van der Waals surface area contributed by atoms with Gasteiger partial charge in [0.15, 0.2) is 5.82 Å². The van der Waals surface area contributed by atoms with Gasteiger partial charge in [-0.15, -0.1) is 0 Å². The molecule has 62 heavy (non-hydrogen) atoms. The van der Waals surface area contributed by atoms with Gasteiger partial charge in [0.2, 0.25) is 0 Å². The van der Waals surface area contributed by atoms with E-state index in [2.05, 4.69) is 200 Å². The molecule has 0 fully saturated rings. The van der Waals surface area contributed by atoms with Crippen LogP contribution in [0.3, 0.4) is 0 Å². The van der Waals surface area contributed by atoms with Crippen LogP contribution >= 0.6 is 0 Å². The molecule has 0 spiro atoms. The van der Waals surface area contributed by atoms with Crippen molar-refractivity contribution in [3.63, 3.8) is 0 Å². The highest BCUT2D eigenvalue weighted by molar-refractivity contribution is 6.06. The van der Waals surface area contributed by atoms with Crippen LogP contribution in [-0.2, 0) is 5.41 Å². The lowest BCUT2D eigenvalue weighted by Gasteiger charge is -2.33. The lowest BCUT2D eigenvalue weighted by Crippen LogP contribution is -2.28. The minimum atomic E-state index is -0.453. The quantitative estimate of drug-likeness (QED) is 0.161. The van der Waals surface area contributed by atoms with E-state index in [1.807, 2.05) is 30.3 Å². The van der Waals surface area contributed by atoms with Gasteiger partial charge in [-0.3, -0.25) is 0 Å². The second kappa shape index (κ2) is 14.5. The molecular formula is C59H38N2O. The molecule has 0 bridgehead atoms. The Labute approximate surface area is 360 Å². The zero-order chi connectivity index (χ0) is 41.0. The highest BCUT2D eigenvalue weighted by Crippen LogP contribution is 2.56. The number of rotatable bonds is 7. The second-order valence-corrected chi connectivity index (χ2v) is 16.1. The SMILES string of the molecule is c1ccc(-c2nc(-c3ccc(-c4ccc(-c5ccc6oc7ccccc7c6c5)cc4)cc3)cc(-c3ccc4c(c3)-c3ccccc3C4(c3ccccc3)c3ccccc3)n2)cc1. The summed E-state index contributed by atoms with van der Waals surface area (Å²) in [6.07, 6.45) is 0. The van der Waals surface area contributed by atoms with Crippen LogP contribution in [0.15, 0.2) is 235 Å². The molecule has 12 rings (SSSR count). The van der Waals surface area contributed by atoms with Crippen molar-refractivity contribution in [3.8, 4) is 67.3 Å². The predicted molar refractivity (Wildman–Crippen MR) is 254 cm³/mol. The fourth-order valence-corrected chi connectivity index (χ4v) is 9.66. The molecule has 9 aromatic carbocycles. The molecule has 290 valence electrons. The van der Waals surface area contributed by atoms with Crippen molar-refractivity contribution in [2.24, 2.45) is 0 Å². The van der Waals surface area contributed by atoms with Gasteiger partial charge in [0.1, 0.15) is 11.2 Å². The van der Waals surface area contributed by atoms with Crippen LogP contribution in [0.5, 0.6) is 0 Å². The minimum absolute atomic E-state index is 0.453. The van der Waals surface area contributed by atoms with Crippen molar-refractivity contribution in [1.29, 1.82) is 0 Å². The number of benzene rings is 9. The molecule has 0 N–H and O–H groups in total. The van der Waals surface area contributed by atoms with E-state index in [1.165, 1.54) is 44.5 Å². The maximum absolute atomic E-state index is 6.07. The van der Waals surface area contributed by atoms with Crippen LogP contribution in [0.25, 0.3) is 89.2 Å². The van der Waals surface area contributed by atoms with Gasteiger partial charge in [-0.25, -0.2) is 9.97 Å². The summed E-state index contributed by atoms with van der Waals surface area (Å²) in [6.45, 7) is 0. The van der Waals surface area contributed by atoms with Gasteiger partial charge >= 0.3 is 0 Å². The van der Waals surface area contributed by atoms with E-state index in [0.717, 1.165) is 61.1 Å². The Kier molecular flexibility index (Phi) is 8.39. The first-order valence-electron chi connectivity index (χ1n) is 21.1. The average Bonchev–Trinajstić information content (AvgIpc) is 3.88. The Balaban J connectivity index is 0.921. The van der Waals surface area contributed by atoms with E-state index in [1.54, 1.807) is 0 Å². The molecule has 0 saturated heterocycles. The van der Waals surface area contributed by atoms with E-state index < -0.39 is 5.41 Å². The van der Waals surface area contributed by atoms with Crippen molar-refractivity contribution in [1.82, 2.24) is 9.97 Å². The smallest absolute Gasteiger partial charge is 0.160 e. The summed E-state index contributed by atoms with van der Waals surface area (Å²) >= 11 is 0. The maximum atomic E-state index is 6.07. The standard InChI is InChI=1S/C59H38N2O/c1-4-14-43(15-5-1)58-60-54(42-30-28-40(29-31-42)39-24-26-41(27-25-39)44-33-35-57-51(36-44)49-21-11-13-23-56(49)62-57)38-55(61-58)45-32-34-53-50(37-45)48-20-10-12-22-52(48)59(53,46-16-6-2-7-17-46)47-18-8-3-9-19-47/h1-38H. The third-order valence-corrected chi connectivity index (χ3v) is 12.6. The molecule has 2 heterocycles. The zero-order valence-corrected chi connectivity index (χ0v) is 33.7. The van der Waals surface area contributed by atoms with E-state index in [-0.39, 0.29) is 0 Å². The van der Waals surface area contributed by atoms with Gasteiger partial charge in [0.25, 0.3) is 0 Å². The third kappa shape index (κ3) is 5.82. The summed E-state index contributed by atoms with van der Waals surface area (Å²) in [4.78, 5) is 10.4.